The molecule has 6 heteroatoms. The summed E-state index contributed by atoms with van der Waals surface area (Å²) >= 11 is 7.60. The number of amidine groups is 1. The highest BCUT2D eigenvalue weighted by molar-refractivity contribution is 8.14. The molecule has 0 saturated heterocycles. The zero-order chi connectivity index (χ0) is 21.0. The van der Waals surface area contributed by atoms with E-state index in [0.29, 0.717) is 10.8 Å². The number of aliphatic imine (C=N–C) groups is 1. The molecule has 0 bridgehead atoms. The Kier molecular flexibility index (Phi) is 6.91. The highest BCUT2D eigenvalue weighted by Gasteiger charge is 2.38. The van der Waals surface area contributed by atoms with Crippen molar-refractivity contribution in [3.8, 4) is 5.75 Å². The summed E-state index contributed by atoms with van der Waals surface area (Å²) in [5.74, 6) is 1.68. The second-order valence-electron chi connectivity index (χ2n) is 7.79. The maximum Gasteiger partial charge on any atom is 0.276 e. The van der Waals surface area contributed by atoms with Crippen LogP contribution in [0.5, 0.6) is 5.75 Å². The molecule has 2 aromatic carbocycles. The molecule has 0 aromatic heterocycles. The molecule has 3 rings (SSSR count). The number of hydrogen-bond acceptors (Lipinski definition) is 4. The minimum atomic E-state index is -1.08. The lowest BCUT2D eigenvalue weighted by atomic mass is 9.99. The molecule has 1 aliphatic heterocycles. The van der Waals surface area contributed by atoms with Crippen LogP contribution < -0.4 is 9.64 Å². The van der Waals surface area contributed by atoms with Crippen LogP contribution in [0.2, 0.25) is 5.02 Å². The molecule has 1 aliphatic rings. The van der Waals surface area contributed by atoms with Crippen LogP contribution in [0.3, 0.4) is 0 Å². The molecule has 0 N–H and O–H groups in total. The Labute approximate surface area is 182 Å². The lowest BCUT2D eigenvalue weighted by Gasteiger charge is -2.35. The van der Waals surface area contributed by atoms with Gasteiger partial charge < -0.3 is 4.74 Å². The van der Waals surface area contributed by atoms with Gasteiger partial charge >= 0.3 is 0 Å². The van der Waals surface area contributed by atoms with E-state index in [2.05, 4.69) is 24.9 Å². The SMILES string of the molecule is CC(C)c1ccccc1N(C(=O)C(C)(C)Oc1ccc(Cl)cc1)C1=NCCCS1. The summed E-state index contributed by atoms with van der Waals surface area (Å²) in [4.78, 5) is 20.2. The molecule has 0 unspecified atom stereocenters. The van der Waals surface area contributed by atoms with Gasteiger partial charge in [0.2, 0.25) is 0 Å². The van der Waals surface area contributed by atoms with E-state index in [1.807, 2.05) is 18.2 Å². The van der Waals surface area contributed by atoms with E-state index in [9.17, 15) is 4.79 Å². The Morgan fingerprint density at radius 2 is 1.86 bits per heavy atom. The van der Waals surface area contributed by atoms with E-state index in [0.717, 1.165) is 35.1 Å². The smallest absolute Gasteiger partial charge is 0.276 e. The standard InChI is InChI=1S/C23H27ClN2O2S/c1-16(2)19-8-5-6-9-20(19)26(22-25-14-7-15-29-22)21(27)23(3,4)28-18-12-10-17(24)11-13-18/h5-6,8-13,16H,7,14-15H2,1-4H3. The average molecular weight is 431 g/mol. The van der Waals surface area contributed by atoms with Crippen molar-refractivity contribution in [3.63, 3.8) is 0 Å². The van der Waals surface area contributed by atoms with Gasteiger partial charge in [0.15, 0.2) is 10.8 Å². The third-order valence-corrected chi connectivity index (χ3v) is 5.99. The molecule has 0 radical (unpaired) electrons. The molecule has 2 aromatic rings. The van der Waals surface area contributed by atoms with Crippen molar-refractivity contribution in [3.05, 3.63) is 59.1 Å². The van der Waals surface area contributed by atoms with Gasteiger partial charge in [-0.2, -0.15) is 0 Å². The molecule has 154 valence electrons. The van der Waals surface area contributed by atoms with Crippen molar-refractivity contribution >= 4 is 40.1 Å². The van der Waals surface area contributed by atoms with Crippen molar-refractivity contribution in [2.45, 2.75) is 45.6 Å². The normalized spacial score (nSPS) is 14.5. The van der Waals surface area contributed by atoms with Gasteiger partial charge in [0, 0.05) is 17.3 Å². The lowest BCUT2D eigenvalue weighted by Crippen LogP contribution is -2.51. The predicted octanol–water partition coefficient (Wildman–Crippen LogP) is 6.15. The largest absolute Gasteiger partial charge is 0.478 e. The number of anilines is 1. The second kappa shape index (κ2) is 9.23. The van der Waals surface area contributed by atoms with Crippen LogP contribution in [-0.4, -0.2) is 29.0 Å². The minimum Gasteiger partial charge on any atom is -0.478 e. The van der Waals surface area contributed by atoms with Gasteiger partial charge in [0.25, 0.3) is 5.91 Å². The predicted molar refractivity (Wildman–Crippen MR) is 124 cm³/mol. The van der Waals surface area contributed by atoms with Crippen molar-refractivity contribution in [2.75, 3.05) is 17.2 Å². The Morgan fingerprint density at radius 3 is 2.48 bits per heavy atom. The number of rotatable bonds is 5. The van der Waals surface area contributed by atoms with Gasteiger partial charge in [-0.05, 0) is 62.1 Å². The first-order valence-corrected chi connectivity index (χ1v) is 11.2. The highest BCUT2D eigenvalue weighted by atomic mass is 35.5. The fraction of sp³-hybridized carbons (Fsp3) is 0.391. The minimum absolute atomic E-state index is 0.145. The quantitative estimate of drug-likeness (QED) is 0.571. The third-order valence-electron chi connectivity index (χ3n) is 4.68. The number of ether oxygens (including phenoxy) is 1. The summed E-state index contributed by atoms with van der Waals surface area (Å²) in [6.07, 6.45) is 1.02. The van der Waals surface area contributed by atoms with Gasteiger partial charge in [-0.25, -0.2) is 0 Å². The first kappa shape index (κ1) is 21.7. The van der Waals surface area contributed by atoms with Crippen LogP contribution in [0.1, 0.15) is 45.6 Å². The van der Waals surface area contributed by atoms with Gasteiger partial charge in [-0.15, -0.1) is 0 Å². The first-order valence-electron chi connectivity index (χ1n) is 9.85. The zero-order valence-electron chi connectivity index (χ0n) is 17.3. The Morgan fingerprint density at radius 1 is 1.17 bits per heavy atom. The topological polar surface area (TPSA) is 41.9 Å². The lowest BCUT2D eigenvalue weighted by molar-refractivity contribution is -0.130. The summed E-state index contributed by atoms with van der Waals surface area (Å²) in [6.45, 7) is 8.58. The van der Waals surface area contributed by atoms with Gasteiger partial charge in [0.05, 0.1) is 5.69 Å². The van der Waals surface area contributed by atoms with Gasteiger partial charge in [0.1, 0.15) is 5.75 Å². The van der Waals surface area contributed by atoms with E-state index in [1.165, 1.54) is 0 Å². The summed E-state index contributed by atoms with van der Waals surface area (Å²) in [7, 11) is 0. The molecule has 0 aliphatic carbocycles. The molecule has 0 spiro atoms. The van der Waals surface area contributed by atoms with Crippen LogP contribution in [0.15, 0.2) is 53.5 Å². The zero-order valence-corrected chi connectivity index (χ0v) is 18.9. The van der Waals surface area contributed by atoms with Gasteiger partial charge in [-0.1, -0.05) is 55.4 Å². The molecule has 0 atom stereocenters. The molecule has 0 fully saturated rings. The Hall–Kier alpha value is -1.98. The van der Waals surface area contributed by atoms with Gasteiger partial charge in [-0.3, -0.25) is 14.7 Å². The van der Waals surface area contributed by atoms with Crippen molar-refractivity contribution in [1.82, 2.24) is 0 Å². The monoisotopic (exact) mass is 430 g/mol. The van der Waals surface area contributed by atoms with Crippen LogP contribution in [-0.2, 0) is 4.79 Å². The van der Waals surface area contributed by atoms with Crippen LogP contribution in [0.25, 0.3) is 0 Å². The molecule has 29 heavy (non-hydrogen) atoms. The molecule has 4 nitrogen and oxygen atoms in total. The number of nitrogens with zero attached hydrogens (tertiary/aromatic N) is 2. The number of amides is 1. The van der Waals surface area contributed by atoms with Crippen LogP contribution >= 0.6 is 23.4 Å². The molecule has 0 saturated carbocycles. The van der Waals surface area contributed by atoms with E-state index in [1.54, 1.807) is 54.8 Å². The number of halogens is 1. The van der Waals surface area contributed by atoms with E-state index >= 15 is 0 Å². The Balaban J connectivity index is 2.00. The maximum absolute atomic E-state index is 13.8. The summed E-state index contributed by atoms with van der Waals surface area (Å²) in [5, 5.41) is 1.36. The number of benzene rings is 2. The molecular weight excluding hydrogens is 404 g/mol. The fourth-order valence-corrected chi connectivity index (χ4v) is 4.25. The van der Waals surface area contributed by atoms with Crippen molar-refractivity contribution in [1.29, 1.82) is 0 Å². The number of para-hydroxylation sites is 1. The average Bonchev–Trinajstić information content (AvgIpc) is 2.71. The number of hydrogen-bond donors (Lipinski definition) is 0. The molecule has 1 heterocycles. The number of carbonyl (C=O) groups excluding carboxylic acids is 1. The summed E-state index contributed by atoms with van der Waals surface area (Å²) in [6, 6.07) is 15.1. The van der Waals surface area contributed by atoms with Crippen LogP contribution in [0, 0.1) is 0 Å². The third kappa shape index (κ3) is 5.14. The summed E-state index contributed by atoms with van der Waals surface area (Å²) < 4.78 is 6.10. The van der Waals surface area contributed by atoms with Crippen LogP contribution in [0.4, 0.5) is 5.69 Å². The molecule has 1 amide bonds. The fourth-order valence-electron chi connectivity index (χ4n) is 3.17. The second-order valence-corrected chi connectivity index (χ2v) is 9.29. The summed E-state index contributed by atoms with van der Waals surface area (Å²) in [5.41, 5.74) is 0.892. The maximum atomic E-state index is 13.8. The van der Waals surface area contributed by atoms with E-state index in [-0.39, 0.29) is 11.8 Å². The molecular formula is C23H27ClN2O2S. The number of carbonyl (C=O) groups is 1. The Bertz CT molecular complexity index is 894. The van der Waals surface area contributed by atoms with E-state index < -0.39 is 5.60 Å². The highest BCUT2D eigenvalue weighted by Crippen LogP contribution is 2.33. The number of thioether (sulfide) groups is 1. The van der Waals surface area contributed by atoms with Crippen molar-refractivity contribution in [2.24, 2.45) is 4.99 Å². The van der Waals surface area contributed by atoms with E-state index in [4.69, 9.17) is 16.3 Å². The van der Waals surface area contributed by atoms with Crippen molar-refractivity contribution < 1.29 is 9.53 Å². The first-order chi connectivity index (χ1) is 13.8.